The summed E-state index contributed by atoms with van der Waals surface area (Å²) in [6, 6.07) is 16.5. The van der Waals surface area contributed by atoms with Gasteiger partial charge in [-0.3, -0.25) is 4.98 Å². The van der Waals surface area contributed by atoms with Gasteiger partial charge in [0, 0.05) is 16.6 Å². The Hall–Kier alpha value is -3.45. The minimum absolute atomic E-state index is 0.0310. The molecular formula is C26H18ClF4NO2. The number of rotatable bonds is 5. The molecule has 174 valence electrons. The molecule has 0 fully saturated rings. The zero-order valence-corrected chi connectivity index (χ0v) is 18.5. The van der Waals surface area contributed by atoms with Gasteiger partial charge in [0.15, 0.2) is 0 Å². The van der Waals surface area contributed by atoms with Gasteiger partial charge in [-0.1, -0.05) is 54.9 Å². The number of aromatic nitrogens is 1. The maximum Gasteiger partial charge on any atom is 0.396 e. The number of benzene rings is 3. The van der Waals surface area contributed by atoms with Gasteiger partial charge >= 0.3 is 12.1 Å². The fourth-order valence-electron chi connectivity index (χ4n) is 4.14. The minimum Gasteiger partial charge on any atom is -0.478 e. The van der Waals surface area contributed by atoms with Crippen LogP contribution in [0.4, 0.5) is 17.6 Å². The summed E-state index contributed by atoms with van der Waals surface area (Å²) in [5.74, 6) is -5.19. The van der Waals surface area contributed by atoms with Gasteiger partial charge in [-0.25, -0.2) is 9.18 Å². The van der Waals surface area contributed by atoms with E-state index in [0.717, 1.165) is 12.1 Å². The van der Waals surface area contributed by atoms with Crippen molar-refractivity contribution < 1.29 is 27.5 Å². The second-order valence-electron chi connectivity index (χ2n) is 8.01. The Morgan fingerprint density at radius 1 is 1.00 bits per heavy atom. The van der Waals surface area contributed by atoms with Gasteiger partial charge in [0.25, 0.3) is 0 Å². The number of alkyl halides is 3. The van der Waals surface area contributed by atoms with Crippen LogP contribution in [-0.2, 0) is 0 Å². The third-order valence-electron chi connectivity index (χ3n) is 5.84. The van der Waals surface area contributed by atoms with E-state index in [2.05, 4.69) is 4.98 Å². The van der Waals surface area contributed by atoms with Crippen molar-refractivity contribution in [3.05, 3.63) is 100 Å². The zero-order chi connectivity index (χ0) is 24.6. The molecular weight excluding hydrogens is 470 g/mol. The van der Waals surface area contributed by atoms with Gasteiger partial charge < -0.3 is 5.11 Å². The van der Waals surface area contributed by atoms with Crippen molar-refractivity contribution in [2.75, 3.05) is 0 Å². The number of nitrogens with zero attached hydrogens (tertiary/aromatic N) is 1. The number of carbonyl (C=O) groups is 1. The molecule has 1 N–H and O–H groups in total. The molecule has 0 amide bonds. The molecule has 3 nitrogen and oxygen atoms in total. The number of para-hydroxylation sites is 1. The number of pyridine rings is 1. The summed E-state index contributed by atoms with van der Waals surface area (Å²) in [5.41, 5.74) is 1.24. The summed E-state index contributed by atoms with van der Waals surface area (Å²) in [7, 11) is 0. The van der Waals surface area contributed by atoms with Crippen LogP contribution in [0.2, 0.25) is 5.02 Å². The fraction of sp³-hybridized carbons (Fsp3) is 0.154. The summed E-state index contributed by atoms with van der Waals surface area (Å²) in [4.78, 5) is 15.4. The lowest BCUT2D eigenvalue weighted by Gasteiger charge is -2.28. The van der Waals surface area contributed by atoms with Crippen LogP contribution in [0, 0.1) is 5.82 Å². The lowest BCUT2D eigenvalue weighted by atomic mass is 9.82. The Balaban J connectivity index is 1.73. The third-order valence-corrected chi connectivity index (χ3v) is 6.17. The first-order valence-corrected chi connectivity index (χ1v) is 10.7. The smallest absolute Gasteiger partial charge is 0.396 e. The standard InChI is InChI=1S/C26H18ClF4NO2/c1-14(24(26(29,30)31)18-10-17-4-2-3-5-23(17)32-13-18)19-8-6-16(12-21(19)27)15-7-9-22(28)20(11-15)25(33)34/h2-14,24H,1H3,(H,33,34). The molecule has 34 heavy (non-hydrogen) atoms. The highest BCUT2D eigenvalue weighted by atomic mass is 35.5. The van der Waals surface area contributed by atoms with Crippen molar-refractivity contribution in [2.24, 2.45) is 0 Å². The van der Waals surface area contributed by atoms with Crippen molar-refractivity contribution in [1.29, 1.82) is 0 Å². The Kier molecular flexibility index (Phi) is 6.32. The van der Waals surface area contributed by atoms with Crippen molar-refractivity contribution in [3.63, 3.8) is 0 Å². The van der Waals surface area contributed by atoms with E-state index in [4.69, 9.17) is 16.7 Å². The molecule has 0 aliphatic carbocycles. The van der Waals surface area contributed by atoms with E-state index in [1.807, 2.05) is 0 Å². The molecule has 1 aromatic heterocycles. The number of halogens is 5. The number of carboxylic acid groups (broad SMARTS) is 1. The largest absolute Gasteiger partial charge is 0.478 e. The highest BCUT2D eigenvalue weighted by molar-refractivity contribution is 6.31. The zero-order valence-electron chi connectivity index (χ0n) is 17.8. The lowest BCUT2D eigenvalue weighted by molar-refractivity contribution is -0.154. The van der Waals surface area contributed by atoms with Gasteiger partial charge in [-0.05, 0) is 58.5 Å². The molecule has 0 bridgehead atoms. The van der Waals surface area contributed by atoms with Crippen molar-refractivity contribution >= 4 is 28.5 Å². The summed E-state index contributed by atoms with van der Waals surface area (Å²) in [5, 5.41) is 9.84. The fourth-order valence-corrected chi connectivity index (χ4v) is 4.50. The first-order chi connectivity index (χ1) is 16.1. The number of fused-ring (bicyclic) bond motifs is 1. The Labute approximate surface area is 197 Å². The SMILES string of the molecule is CC(c1ccc(-c2ccc(F)c(C(=O)O)c2)cc1Cl)C(c1cnc2ccccc2c1)C(F)(F)F. The molecule has 0 saturated heterocycles. The van der Waals surface area contributed by atoms with Crippen LogP contribution < -0.4 is 0 Å². The lowest BCUT2D eigenvalue weighted by Crippen LogP contribution is -2.26. The normalized spacial score (nSPS) is 13.6. The average Bonchev–Trinajstić information content (AvgIpc) is 2.78. The Bertz CT molecular complexity index is 1390. The summed E-state index contributed by atoms with van der Waals surface area (Å²) >= 11 is 6.41. The van der Waals surface area contributed by atoms with Crippen molar-refractivity contribution in [2.45, 2.75) is 24.9 Å². The van der Waals surface area contributed by atoms with E-state index in [1.54, 1.807) is 30.3 Å². The van der Waals surface area contributed by atoms with Crippen LogP contribution in [0.15, 0.2) is 72.9 Å². The maximum absolute atomic E-state index is 14.2. The van der Waals surface area contributed by atoms with E-state index < -0.39 is 35.4 Å². The Morgan fingerprint density at radius 2 is 1.68 bits per heavy atom. The molecule has 0 aliphatic heterocycles. The van der Waals surface area contributed by atoms with Crippen LogP contribution in [-0.4, -0.2) is 22.2 Å². The van der Waals surface area contributed by atoms with E-state index in [-0.39, 0.29) is 16.1 Å². The van der Waals surface area contributed by atoms with Crippen LogP contribution in [0.1, 0.15) is 40.2 Å². The molecule has 0 saturated carbocycles. The topological polar surface area (TPSA) is 50.2 Å². The van der Waals surface area contributed by atoms with E-state index in [1.165, 1.54) is 37.4 Å². The summed E-state index contributed by atoms with van der Waals surface area (Å²) in [6.07, 6.45) is -3.32. The highest BCUT2D eigenvalue weighted by Crippen LogP contribution is 2.47. The van der Waals surface area contributed by atoms with Crippen molar-refractivity contribution in [3.8, 4) is 11.1 Å². The quantitative estimate of drug-likeness (QED) is 0.292. The predicted molar refractivity (Wildman–Crippen MR) is 123 cm³/mol. The number of carboxylic acids is 1. The van der Waals surface area contributed by atoms with E-state index in [0.29, 0.717) is 22.0 Å². The van der Waals surface area contributed by atoms with E-state index in [9.17, 15) is 22.4 Å². The monoisotopic (exact) mass is 487 g/mol. The second kappa shape index (κ2) is 9.06. The second-order valence-corrected chi connectivity index (χ2v) is 8.41. The number of hydrogen-bond donors (Lipinski definition) is 1. The molecule has 0 aliphatic rings. The van der Waals surface area contributed by atoms with Crippen LogP contribution in [0.5, 0.6) is 0 Å². The van der Waals surface area contributed by atoms with Crippen LogP contribution >= 0.6 is 11.6 Å². The van der Waals surface area contributed by atoms with Crippen LogP contribution in [0.3, 0.4) is 0 Å². The molecule has 0 radical (unpaired) electrons. The van der Waals surface area contributed by atoms with Gasteiger partial charge in [0.05, 0.1) is 17.0 Å². The van der Waals surface area contributed by atoms with Gasteiger partial charge in [-0.15, -0.1) is 0 Å². The molecule has 0 spiro atoms. The van der Waals surface area contributed by atoms with Crippen molar-refractivity contribution in [1.82, 2.24) is 4.98 Å². The molecule has 2 atom stereocenters. The summed E-state index contributed by atoms with van der Waals surface area (Å²) in [6.45, 7) is 1.45. The molecule has 4 rings (SSSR count). The molecule has 4 aromatic rings. The van der Waals surface area contributed by atoms with Crippen LogP contribution in [0.25, 0.3) is 22.0 Å². The molecule has 8 heteroatoms. The molecule has 3 aromatic carbocycles. The van der Waals surface area contributed by atoms with E-state index >= 15 is 0 Å². The van der Waals surface area contributed by atoms with Gasteiger partial charge in [0.1, 0.15) is 5.82 Å². The summed E-state index contributed by atoms with van der Waals surface area (Å²) < 4.78 is 56.4. The Morgan fingerprint density at radius 3 is 2.35 bits per heavy atom. The minimum atomic E-state index is -4.56. The molecule has 1 heterocycles. The maximum atomic E-state index is 14.2. The average molecular weight is 488 g/mol. The first-order valence-electron chi connectivity index (χ1n) is 10.3. The number of hydrogen-bond acceptors (Lipinski definition) is 2. The third kappa shape index (κ3) is 4.61. The molecule has 2 unspecified atom stereocenters. The predicted octanol–water partition coefficient (Wildman–Crippen LogP) is 7.84. The number of aromatic carboxylic acids is 1. The van der Waals surface area contributed by atoms with Gasteiger partial charge in [-0.2, -0.15) is 13.2 Å². The van der Waals surface area contributed by atoms with Gasteiger partial charge in [0.2, 0.25) is 0 Å². The first kappa shape index (κ1) is 23.7. The highest BCUT2D eigenvalue weighted by Gasteiger charge is 2.45.